The molecule has 3 aromatic rings. The molecule has 0 fully saturated rings. The lowest BCUT2D eigenvalue weighted by molar-refractivity contribution is -0.123. The number of carbonyl (C=O) groups is 3. The highest BCUT2D eigenvalue weighted by Crippen LogP contribution is 2.18. The van der Waals surface area contributed by atoms with Crippen LogP contribution in [-0.2, 0) is 16.1 Å². The molecule has 0 aliphatic carbocycles. The molecule has 0 aliphatic heterocycles. The summed E-state index contributed by atoms with van der Waals surface area (Å²) in [6, 6.07) is 17.3. The Morgan fingerprint density at radius 1 is 0.861 bits per heavy atom. The summed E-state index contributed by atoms with van der Waals surface area (Å²) in [5.74, 6) is -0.810. The SMILES string of the molecule is Cc1ccc(-c2ccc(=O)n(CC(=O)NCCNC(=O)c3ccc(NC(=O)C(C)(C)C)cc3)n2)cc1. The largest absolute Gasteiger partial charge is 0.353 e. The van der Waals surface area contributed by atoms with Gasteiger partial charge in [0.15, 0.2) is 0 Å². The Morgan fingerprint density at radius 2 is 1.50 bits per heavy atom. The number of anilines is 1. The van der Waals surface area contributed by atoms with E-state index in [2.05, 4.69) is 21.0 Å². The monoisotopic (exact) mass is 489 g/mol. The van der Waals surface area contributed by atoms with Gasteiger partial charge in [0.25, 0.3) is 11.5 Å². The molecule has 0 saturated heterocycles. The van der Waals surface area contributed by atoms with E-state index in [1.807, 2.05) is 52.0 Å². The van der Waals surface area contributed by atoms with Gasteiger partial charge >= 0.3 is 0 Å². The average molecular weight is 490 g/mol. The fraction of sp³-hybridized carbons (Fsp3) is 0.296. The zero-order valence-electron chi connectivity index (χ0n) is 20.9. The summed E-state index contributed by atoms with van der Waals surface area (Å²) in [7, 11) is 0. The van der Waals surface area contributed by atoms with E-state index in [4.69, 9.17) is 0 Å². The summed E-state index contributed by atoms with van der Waals surface area (Å²) >= 11 is 0. The van der Waals surface area contributed by atoms with Crippen molar-refractivity contribution in [2.75, 3.05) is 18.4 Å². The van der Waals surface area contributed by atoms with Crippen molar-refractivity contribution >= 4 is 23.4 Å². The van der Waals surface area contributed by atoms with E-state index in [0.717, 1.165) is 15.8 Å². The second kappa shape index (κ2) is 11.4. The Kier molecular flexibility index (Phi) is 8.37. The van der Waals surface area contributed by atoms with Crippen molar-refractivity contribution in [3.8, 4) is 11.3 Å². The van der Waals surface area contributed by atoms with Gasteiger partial charge in [-0.3, -0.25) is 19.2 Å². The van der Waals surface area contributed by atoms with E-state index in [1.165, 1.54) is 6.07 Å². The first-order valence-electron chi connectivity index (χ1n) is 11.6. The van der Waals surface area contributed by atoms with Crippen LogP contribution in [0.3, 0.4) is 0 Å². The van der Waals surface area contributed by atoms with E-state index in [0.29, 0.717) is 16.9 Å². The summed E-state index contributed by atoms with van der Waals surface area (Å²) in [6.45, 7) is 7.61. The molecule has 0 bridgehead atoms. The zero-order valence-corrected chi connectivity index (χ0v) is 20.9. The lowest BCUT2D eigenvalue weighted by Gasteiger charge is -2.17. The second-order valence-corrected chi connectivity index (χ2v) is 9.47. The minimum absolute atomic E-state index is 0.116. The summed E-state index contributed by atoms with van der Waals surface area (Å²) in [6.07, 6.45) is 0. The fourth-order valence-electron chi connectivity index (χ4n) is 3.14. The molecule has 0 unspecified atom stereocenters. The Labute approximate surface area is 209 Å². The zero-order chi connectivity index (χ0) is 26.3. The summed E-state index contributed by atoms with van der Waals surface area (Å²) in [5, 5.41) is 12.5. The molecular weight excluding hydrogens is 458 g/mol. The Balaban J connectivity index is 1.46. The maximum absolute atomic E-state index is 12.3. The maximum atomic E-state index is 12.3. The minimum atomic E-state index is -0.520. The molecule has 0 aliphatic rings. The molecule has 0 atom stereocenters. The van der Waals surface area contributed by atoms with Crippen molar-refractivity contribution in [2.24, 2.45) is 5.41 Å². The number of nitrogens with one attached hydrogen (secondary N) is 3. The lowest BCUT2D eigenvalue weighted by atomic mass is 9.95. The van der Waals surface area contributed by atoms with E-state index in [1.54, 1.807) is 30.3 Å². The van der Waals surface area contributed by atoms with Crippen LogP contribution < -0.4 is 21.5 Å². The topological polar surface area (TPSA) is 122 Å². The molecule has 1 heterocycles. The van der Waals surface area contributed by atoms with Gasteiger partial charge in [0.05, 0.1) is 5.69 Å². The third kappa shape index (κ3) is 7.36. The first-order valence-corrected chi connectivity index (χ1v) is 11.6. The quantitative estimate of drug-likeness (QED) is 0.420. The number of hydrogen-bond acceptors (Lipinski definition) is 5. The van der Waals surface area contributed by atoms with Gasteiger partial charge in [0.2, 0.25) is 11.8 Å². The van der Waals surface area contributed by atoms with Gasteiger partial charge in [-0.25, -0.2) is 4.68 Å². The summed E-state index contributed by atoms with van der Waals surface area (Å²) in [4.78, 5) is 48.9. The average Bonchev–Trinajstić information content (AvgIpc) is 2.83. The fourth-order valence-corrected chi connectivity index (χ4v) is 3.14. The number of hydrogen-bond donors (Lipinski definition) is 3. The van der Waals surface area contributed by atoms with Crippen LogP contribution >= 0.6 is 0 Å². The third-order valence-electron chi connectivity index (χ3n) is 5.33. The minimum Gasteiger partial charge on any atom is -0.353 e. The molecular formula is C27H31N5O4. The second-order valence-electron chi connectivity index (χ2n) is 9.47. The predicted molar refractivity (Wildman–Crippen MR) is 139 cm³/mol. The molecule has 9 heteroatoms. The van der Waals surface area contributed by atoms with Crippen molar-refractivity contribution in [1.82, 2.24) is 20.4 Å². The van der Waals surface area contributed by atoms with Crippen molar-refractivity contribution in [3.63, 3.8) is 0 Å². The Bertz CT molecular complexity index is 1290. The van der Waals surface area contributed by atoms with Crippen LogP contribution in [0.15, 0.2) is 65.5 Å². The normalized spacial score (nSPS) is 11.0. The van der Waals surface area contributed by atoms with E-state index in [-0.39, 0.29) is 42.9 Å². The molecule has 36 heavy (non-hydrogen) atoms. The standard InChI is InChI=1S/C27H31N5O4/c1-18-5-7-19(8-6-18)22-13-14-24(34)32(31-22)17-23(33)28-15-16-29-25(35)20-9-11-21(12-10-20)30-26(36)27(2,3)4/h5-14H,15-17H2,1-4H3,(H,28,33)(H,29,35)(H,30,36). The Morgan fingerprint density at radius 3 is 2.14 bits per heavy atom. The van der Waals surface area contributed by atoms with E-state index >= 15 is 0 Å². The highest BCUT2D eigenvalue weighted by Gasteiger charge is 2.21. The molecule has 0 saturated carbocycles. The first-order chi connectivity index (χ1) is 17.0. The molecule has 3 rings (SSSR count). The molecule has 0 spiro atoms. The number of carbonyl (C=O) groups excluding carboxylic acids is 3. The predicted octanol–water partition coefficient (Wildman–Crippen LogP) is 2.75. The highest BCUT2D eigenvalue weighted by molar-refractivity contribution is 5.97. The molecule has 3 N–H and O–H groups in total. The highest BCUT2D eigenvalue weighted by atomic mass is 16.2. The summed E-state index contributed by atoms with van der Waals surface area (Å²) < 4.78 is 1.11. The van der Waals surface area contributed by atoms with Gasteiger partial charge < -0.3 is 16.0 Å². The lowest BCUT2D eigenvalue weighted by Crippen LogP contribution is -2.38. The number of aryl methyl sites for hydroxylation is 1. The van der Waals surface area contributed by atoms with Gasteiger partial charge in [0.1, 0.15) is 6.54 Å². The molecule has 3 amide bonds. The van der Waals surface area contributed by atoms with Gasteiger partial charge in [-0.2, -0.15) is 5.10 Å². The van der Waals surface area contributed by atoms with Gasteiger partial charge in [-0.05, 0) is 37.3 Å². The molecule has 9 nitrogen and oxygen atoms in total. The van der Waals surface area contributed by atoms with Crippen LogP contribution in [0.2, 0.25) is 0 Å². The van der Waals surface area contributed by atoms with Crippen molar-refractivity contribution < 1.29 is 14.4 Å². The number of rotatable bonds is 8. The van der Waals surface area contributed by atoms with Crippen molar-refractivity contribution in [1.29, 1.82) is 0 Å². The van der Waals surface area contributed by atoms with Crippen LogP contribution in [0.1, 0.15) is 36.7 Å². The van der Waals surface area contributed by atoms with Crippen LogP contribution in [0.25, 0.3) is 11.3 Å². The molecule has 188 valence electrons. The van der Waals surface area contributed by atoms with E-state index in [9.17, 15) is 19.2 Å². The first kappa shape index (κ1) is 26.3. The van der Waals surface area contributed by atoms with Crippen molar-refractivity contribution in [2.45, 2.75) is 34.2 Å². The van der Waals surface area contributed by atoms with Gasteiger partial charge in [-0.15, -0.1) is 0 Å². The number of nitrogens with zero attached hydrogens (tertiary/aromatic N) is 2. The van der Waals surface area contributed by atoms with Crippen LogP contribution in [-0.4, -0.2) is 40.6 Å². The number of amides is 3. The molecule has 1 aromatic heterocycles. The van der Waals surface area contributed by atoms with Crippen LogP contribution in [0.5, 0.6) is 0 Å². The maximum Gasteiger partial charge on any atom is 0.267 e. The smallest absolute Gasteiger partial charge is 0.267 e. The number of benzene rings is 2. The number of aromatic nitrogens is 2. The van der Waals surface area contributed by atoms with E-state index < -0.39 is 5.41 Å². The van der Waals surface area contributed by atoms with Crippen molar-refractivity contribution in [3.05, 3.63) is 82.1 Å². The Hall–Kier alpha value is -4.27. The third-order valence-corrected chi connectivity index (χ3v) is 5.33. The summed E-state index contributed by atoms with van der Waals surface area (Å²) in [5.41, 5.74) is 2.69. The van der Waals surface area contributed by atoms with Crippen LogP contribution in [0, 0.1) is 12.3 Å². The van der Waals surface area contributed by atoms with Gasteiger partial charge in [-0.1, -0.05) is 50.6 Å². The van der Waals surface area contributed by atoms with Crippen LogP contribution in [0.4, 0.5) is 5.69 Å². The molecule has 0 radical (unpaired) electrons. The molecule has 2 aromatic carbocycles. The van der Waals surface area contributed by atoms with Gasteiger partial charge in [0, 0.05) is 41.4 Å².